The van der Waals surface area contributed by atoms with Gasteiger partial charge in [0, 0.05) is 0 Å². The lowest BCUT2D eigenvalue weighted by atomic mass is 10.1. The summed E-state index contributed by atoms with van der Waals surface area (Å²) in [6, 6.07) is 11.8. The molecule has 2 aromatic rings. The van der Waals surface area contributed by atoms with E-state index in [9.17, 15) is 18.3 Å². The summed E-state index contributed by atoms with van der Waals surface area (Å²) in [6.45, 7) is 0. The SMILES string of the molecule is O=C(O)c1ccc(S(=O)(=O)C[C@H](O)c2ccccc2)cc1Cl. The van der Waals surface area contributed by atoms with Crippen LogP contribution in [0.5, 0.6) is 0 Å². The van der Waals surface area contributed by atoms with E-state index in [2.05, 4.69) is 0 Å². The highest BCUT2D eigenvalue weighted by atomic mass is 35.5. The lowest BCUT2D eigenvalue weighted by Crippen LogP contribution is -2.15. The van der Waals surface area contributed by atoms with Crippen LogP contribution in [0.3, 0.4) is 0 Å². The number of carboxylic acids is 1. The van der Waals surface area contributed by atoms with Crippen LogP contribution in [0.25, 0.3) is 0 Å². The quantitative estimate of drug-likeness (QED) is 0.872. The Morgan fingerprint density at radius 3 is 2.32 bits per heavy atom. The molecule has 0 saturated carbocycles. The van der Waals surface area contributed by atoms with Gasteiger partial charge >= 0.3 is 5.97 Å². The second-order valence-corrected chi connectivity index (χ2v) is 7.10. The van der Waals surface area contributed by atoms with Crippen LogP contribution in [0.2, 0.25) is 5.02 Å². The Kier molecular flexibility index (Phi) is 4.85. The fourth-order valence-electron chi connectivity index (χ4n) is 1.94. The zero-order valence-electron chi connectivity index (χ0n) is 11.3. The third kappa shape index (κ3) is 3.65. The Morgan fingerprint density at radius 1 is 1.14 bits per heavy atom. The number of carboxylic acid groups (broad SMARTS) is 1. The van der Waals surface area contributed by atoms with Crippen LogP contribution < -0.4 is 0 Å². The third-order valence-electron chi connectivity index (χ3n) is 3.09. The number of aromatic carboxylic acids is 1. The van der Waals surface area contributed by atoms with Crippen molar-refractivity contribution in [3.8, 4) is 0 Å². The minimum absolute atomic E-state index is 0.127. The molecular weight excluding hydrogens is 328 g/mol. The number of carbonyl (C=O) groups is 1. The highest BCUT2D eigenvalue weighted by molar-refractivity contribution is 7.91. The number of halogens is 1. The summed E-state index contributed by atoms with van der Waals surface area (Å²) in [5.41, 5.74) is 0.309. The predicted octanol–water partition coefficient (Wildman–Crippen LogP) is 2.55. The van der Waals surface area contributed by atoms with Crippen LogP contribution in [0.1, 0.15) is 22.0 Å². The number of hydrogen-bond acceptors (Lipinski definition) is 4. The highest BCUT2D eigenvalue weighted by Crippen LogP contribution is 2.24. The first-order valence-electron chi connectivity index (χ1n) is 6.30. The average molecular weight is 341 g/mol. The molecule has 1 atom stereocenters. The Balaban J connectivity index is 2.27. The van der Waals surface area contributed by atoms with Crippen molar-refractivity contribution in [2.45, 2.75) is 11.0 Å². The Hall–Kier alpha value is -1.89. The smallest absolute Gasteiger partial charge is 0.337 e. The summed E-state index contributed by atoms with van der Waals surface area (Å²) in [4.78, 5) is 10.7. The van der Waals surface area contributed by atoms with Gasteiger partial charge in [-0.05, 0) is 23.8 Å². The van der Waals surface area contributed by atoms with Gasteiger partial charge in [-0.25, -0.2) is 13.2 Å². The van der Waals surface area contributed by atoms with Crippen molar-refractivity contribution in [1.29, 1.82) is 0 Å². The molecule has 0 heterocycles. The summed E-state index contributed by atoms with van der Waals surface area (Å²) >= 11 is 5.78. The standard InChI is InChI=1S/C15H13ClO5S/c16-13-8-11(6-7-12(13)15(18)19)22(20,21)9-14(17)10-4-2-1-3-5-10/h1-8,14,17H,9H2,(H,18,19)/t14-/m0/s1. The van der Waals surface area contributed by atoms with E-state index in [4.69, 9.17) is 16.7 Å². The molecule has 0 radical (unpaired) electrons. The summed E-state index contributed by atoms with van der Waals surface area (Å²) in [5.74, 6) is -1.75. The monoisotopic (exact) mass is 340 g/mol. The molecule has 7 heteroatoms. The van der Waals surface area contributed by atoms with E-state index in [1.54, 1.807) is 30.3 Å². The molecule has 22 heavy (non-hydrogen) atoms. The van der Waals surface area contributed by atoms with Gasteiger partial charge in [0.1, 0.15) is 0 Å². The van der Waals surface area contributed by atoms with Gasteiger partial charge in [-0.2, -0.15) is 0 Å². The molecule has 5 nitrogen and oxygen atoms in total. The van der Waals surface area contributed by atoms with Gasteiger partial charge in [0.15, 0.2) is 9.84 Å². The molecule has 0 amide bonds. The lowest BCUT2D eigenvalue weighted by molar-refractivity contribution is 0.0697. The normalized spacial score (nSPS) is 12.8. The van der Waals surface area contributed by atoms with Gasteiger partial charge in [-0.3, -0.25) is 0 Å². The van der Waals surface area contributed by atoms with Crippen LogP contribution in [0.4, 0.5) is 0 Å². The maximum absolute atomic E-state index is 12.3. The Bertz CT molecular complexity index is 787. The van der Waals surface area contributed by atoms with Gasteiger partial charge < -0.3 is 10.2 Å². The minimum atomic E-state index is -3.80. The molecular formula is C15H13ClO5S. The van der Waals surface area contributed by atoms with Crippen LogP contribution in [-0.2, 0) is 9.84 Å². The number of hydrogen-bond donors (Lipinski definition) is 2. The third-order valence-corrected chi connectivity index (χ3v) is 5.13. The molecule has 116 valence electrons. The van der Waals surface area contributed by atoms with Crippen LogP contribution in [0, 0.1) is 0 Å². The van der Waals surface area contributed by atoms with Crippen molar-refractivity contribution < 1.29 is 23.4 Å². The maximum Gasteiger partial charge on any atom is 0.337 e. The summed E-state index contributed by atoms with van der Waals surface area (Å²) in [5, 5.41) is 18.7. The van der Waals surface area contributed by atoms with Crippen molar-refractivity contribution in [2.24, 2.45) is 0 Å². The average Bonchev–Trinajstić information content (AvgIpc) is 2.47. The molecule has 2 aromatic carbocycles. The molecule has 0 aliphatic rings. The molecule has 2 rings (SSSR count). The largest absolute Gasteiger partial charge is 0.478 e. The fraction of sp³-hybridized carbons (Fsp3) is 0.133. The van der Waals surface area contributed by atoms with Gasteiger partial charge in [0.05, 0.1) is 27.3 Å². The van der Waals surface area contributed by atoms with E-state index in [0.717, 1.165) is 12.1 Å². The van der Waals surface area contributed by atoms with Crippen molar-refractivity contribution in [3.63, 3.8) is 0 Å². The van der Waals surface area contributed by atoms with Crippen molar-refractivity contribution in [2.75, 3.05) is 5.75 Å². The second-order valence-electron chi connectivity index (χ2n) is 4.65. The number of rotatable bonds is 5. The molecule has 0 fully saturated rings. The van der Waals surface area contributed by atoms with Crippen molar-refractivity contribution in [1.82, 2.24) is 0 Å². The maximum atomic E-state index is 12.3. The Morgan fingerprint density at radius 2 is 1.77 bits per heavy atom. The van der Waals surface area contributed by atoms with Crippen LogP contribution in [-0.4, -0.2) is 30.4 Å². The van der Waals surface area contributed by atoms with Crippen LogP contribution in [0.15, 0.2) is 53.4 Å². The molecule has 0 bridgehead atoms. The van der Waals surface area contributed by atoms with E-state index in [1.165, 1.54) is 6.07 Å². The summed E-state index contributed by atoms with van der Waals surface area (Å²) in [6.07, 6.45) is -1.18. The highest BCUT2D eigenvalue weighted by Gasteiger charge is 2.22. The van der Waals surface area contributed by atoms with E-state index < -0.39 is 27.7 Å². The molecule has 0 aliphatic heterocycles. The first-order chi connectivity index (χ1) is 10.3. The van der Waals surface area contributed by atoms with E-state index >= 15 is 0 Å². The predicted molar refractivity (Wildman–Crippen MR) is 81.9 cm³/mol. The number of benzene rings is 2. The summed E-state index contributed by atoms with van der Waals surface area (Å²) < 4.78 is 24.6. The molecule has 0 aliphatic carbocycles. The van der Waals surface area contributed by atoms with Gasteiger partial charge in [0.2, 0.25) is 0 Å². The van der Waals surface area contributed by atoms with Crippen molar-refractivity contribution >= 4 is 27.4 Å². The first kappa shape index (κ1) is 16.5. The van der Waals surface area contributed by atoms with Gasteiger partial charge in [-0.15, -0.1) is 0 Å². The Labute approximate surface area is 132 Å². The number of aliphatic hydroxyl groups is 1. The van der Waals surface area contributed by atoms with Crippen LogP contribution >= 0.6 is 11.6 Å². The zero-order valence-corrected chi connectivity index (χ0v) is 12.9. The first-order valence-corrected chi connectivity index (χ1v) is 8.33. The fourth-order valence-corrected chi connectivity index (χ4v) is 3.64. The number of sulfone groups is 1. The van der Waals surface area contributed by atoms with Gasteiger partial charge in [0.25, 0.3) is 0 Å². The molecule has 0 aromatic heterocycles. The van der Waals surface area contributed by atoms with E-state index in [1.807, 2.05) is 0 Å². The molecule has 0 saturated heterocycles. The topological polar surface area (TPSA) is 91.7 Å². The molecule has 0 spiro atoms. The zero-order chi connectivity index (χ0) is 16.3. The number of aliphatic hydroxyl groups excluding tert-OH is 1. The van der Waals surface area contributed by atoms with Gasteiger partial charge in [-0.1, -0.05) is 41.9 Å². The second kappa shape index (κ2) is 6.48. The molecule has 2 N–H and O–H groups in total. The summed E-state index contributed by atoms with van der Waals surface area (Å²) in [7, 11) is -3.80. The minimum Gasteiger partial charge on any atom is -0.478 e. The van der Waals surface area contributed by atoms with E-state index in [0.29, 0.717) is 5.56 Å². The molecule has 0 unspecified atom stereocenters. The van der Waals surface area contributed by atoms with Crippen molar-refractivity contribution in [3.05, 3.63) is 64.7 Å². The lowest BCUT2D eigenvalue weighted by Gasteiger charge is -2.12. The van der Waals surface area contributed by atoms with E-state index in [-0.39, 0.29) is 15.5 Å².